The van der Waals surface area contributed by atoms with Crippen LogP contribution in [0.15, 0.2) is 42.5 Å². The number of rotatable bonds is 2. The molecule has 0 aromatic heterocycles. The van der Waals surface area contributed by atoms with Gasteiger partial charge in [0.2, 0.25) is 0 Å². The summed E-state index contributed by atoms with van der Waals surface area (Å²) in [6.07, 6.45) is 0.561. The van der Waals surface area contributed by atoms with E-state index in [-0.39, 0.29) is 5.78 Å². The van der Waals surface area contributed by atoms with Crippen LogP contribution in [0.4, 0.5) is 0 Å². The summed E-state index contributed by atoms with van der Waals surface area (Å²) >= 11 is 0. The summed E-state index contributed by atoms with van der Waals surface area (Å²) in [4.78, 5) is 13.5. The largest absolute Gasteiger partial charge is 0.298 e. The first kappa shape index (κ1) is 10.1. The average Bonchev–Trinajstić information content (AvgIpc) is 2.17. The molecule has 0 N–H and O–H groups in total. The van der Waals surface area contributed by atoms with Gasteiger partial charge in [0, 0.05) is 19.5 Å². The summed E-state index contributed by atoms with van der Waals surface area (Å²) in [5.74, 6) is 0.280. The van der Waals surface area contributed by atoms with Gasteiger partial charge in [-0.15, -0.1) is 0 Å². The van der Waals surface area contributed by atoms with E-state index in [0.29, 0.717) is 13.0 Å². The first-order chi connectivity index (χ1) is 7.24. The summed E-state index contributed by atoms with van der Waals surface area (Å²) in [6.45, 7) is 6.14. The number of nitrogens with zero attached hydrogens (tertiary/aromatic N) is 1. The Morgan fingerprint density at radius 3 is 2.60 bits per heavy atom. The molecule has 0 radical (unpaired) electrons. The van der Waals surface area contributed by atoms with Gasteiger partial charge in [0.25, 0.3) is 0 Å². The van der Waals surface area contributed by atoms with Gasteiger partial charge < -0.3 is 0 Å². The van der Waals surface area contributed by atoms with E-state index in [4.69, 9.17) is 0 Å². The van der Waals surface area contributed by atoms with Crippen molar-refractivity contribution in [3.8, 4) is 0 Å². The number of hydrogen-bond acceptors (Lipinski definition) is 2. The van der Waals surface area contributed by atoms with Crippen molar-refractivity contribution in [1.82, 2.24) is 4.90 Å². The average molecular weight is 201 g/mol. The lowest BCUT2D eigenvalue weighted by Crippen LogP contribution is -2.36. The molecule has 1 fully saturated rings. The molecule has 15 heavy (non-hydrogen) atoms. The van der Waals surface area contributed by atoms with Crippen LogP contribution >= 0.6 is 0 Å². The zero-order chi connectivity index (χ0) is 10.7. The van der Waals surface area contributed by atoms with E-state index in [1.807, 2.05) is 18.2 Å². The van der Waals surface area contributed by atoms with Crippen LogP contribution in [0.1, 0.15) is 12.0 Å². The second-order valence-corrected chi connectivity index (χ2v) is 4.10. The van der Waals surface area contributed by atoms with Gasteiger partial charge in [0.15, 0.2) is 5.78 Å². The minimum atomic E-state index is 0.280. The summed E-state index contributed by atoms with van der Waals surface area (Å²) < 4.78 is 0. The zero-order valence-corrected chi connectivity index (χ0v) is 8.78. The van der Waals surface area contributed by atoms with Crippen LogP contribution in [-0.4, -0.2) is 23.8 Å². The van der Waals surface area contributed by atoms with Gasteiger partial charge in [-0.05, 0) is 5.56 Å². The van der Waals surface area contributed by atoms with Gasteiger partial charge in [0.05, 0.1) is 6.54 Å². The highest BCUT2D eigenvalue weighted by molar-refractivity contribution is 5.83. The van der Waals surface area contributed by atoms with Crippen molar-refractivity contribution in [1.29, 1.82) is 0 Å². The van der Waals surface area contributed by atoms with Crippen LogP contribution in [-0.2, 0) is 11.3 Å². The first-order valence-corrected chi connectivity index (χ1v) is 5.18. The fraction of sp³-hybridized carbons (Fsp3) is 0.308. The van der Waals surface area contributed by atoms with Gasteiger partial charge in [0.1, 0.15) is 0 Å². The molecule has 0 aliphatic carbocycles. The summed E-state index contributed by atoms with van der Waals surface area (Å²) in [5, 5.41) is 0. The smallest absolute Gasteiger partial charge is 0.150 e. The van der Waals surface area contributed by atoms with E-state index in [2.05, 4.69) is 23.6 Å². The SMILES string of the molecule is C=C1CC(=O)CN(Cc2ccccc2)C1. The Morgan fingerprint density at radius 1 is 1.20 bits per heavy atom. The Bertz CT molecular complexity index is 353. The van der Waals surface area contributed by atoms with Crippen LogP contribution < -0.4 is 0 Å². The topological polar surface area (TPSA) is 20.3 Å². The quantitative estimate of drug-likeness (QED) is 0.682. The second kappa shape index (κ2) is 4.41. The maximum absolute atomic E-state index is 11.4. The molecular formula is C13H15NO. The van der Waals surface area contributed by atoms with Crippen molar-refractivity contribution in [2.45, 2.75) is 13.0 Å². The van der Waals surface area contributed by atoms with E-state index < -0.39 is 0 Å². The minimum absolute atomic E-state index is 0.280. The monoisotopic (exact) mass is 201 g/mol. The predicted molar refractivity (Wildman–Crippen MR) is 60.5 cm³/mol. The third-order valence-corrected chi connectivity index (χ3v) is 2.54. The fourth-order valence-corrected chi connectivity index (χ4v) is 1.97. The standard InChI is InChI=1S/C13H15NO/c1-11-7-13(15)10-14(8-11)9-12-5-3-2-4-6-12/h2-6H,1,7-10H2. The van der Waals surface area contributed by atoms with Crippen LogP contribution in [0.3, 0.4) is 0 Å². The molecule has 2 nitrogen and oxygen atoms in total. The predicted octanol–water partition coefficient (Wildman–Crippen LogP) is 2.02. The van der Waals surface area contributed by atoms with Gasteiger partial charge in [-0.1, -0.05) is 42.5 Å². The van der Waals surface area contributed by atoms with E-state index in [1.165, 1.54) is 5.56 Å². The Labute approximate surface area is 90.2 Å². The fourth-order valence-electron chi connectivity index (χ4n) is 1.97. The van der Waals surface area contributed by atoms with E-state index in [0.717, 1.165) is 18.7 Å². The molecule has 1 aromatic rings. The number of carbonyl (C=O) groups is 1. The normalized spacial score (nSPS) is 18.1. The van der Waals surface area contributed by atoms with Crippen LogP contribution in [0.2, 0.25) is 0 Å². The van der Waals surface area contributed by atoms with E-state index in [1.54, 1.807) is 0 Å². The summed E-state index contributed by atoms with van der Waals surface area (Å²) in [5.41, 5.74) is 2.28. The maximum atomic E-state index is 11.4. The van der Waals surface area contributed by atoms with Crippen molar-refractivity contribution < 1.29 is 4.79 Å². The van der Waals surface area contributed by atoms with Crippen molar-refractivity contribution >= 4 is 5.78 Å². The third kappa shape index (κ3) is 2.77. The number of hydrogen-bond donors (Lipinski definition) is 0. The lowest BCUT2D eigenvalue weighted by atomic mass is 10.0. The molecule has 0 amide bonds. The highest BCUT2D eigenvalue weighted by Crippen LogP contribution is 2.13. The molecule has 78 valence electrons. The molecule has 2 rings (SSSR count). The van der Waals surface area contributed by atoms with Gasteiger partial charge in [-0.2, -0.15) is 0 Å². The molecule has 0 unspecified atom stereocenters. The lowest BCUT2D eigenvalue weighted by Gasteiger charge is -2.27. The summed E-state index contributed by atoms with van der Waals surface area (Å²) in [6, 6.07) is 10.2. The Hall–Kier alpha value is -1.41. The molecule has 2 heteroatoms. The number of likely N-dealkylation sites (tertiary alicyclic amines) is 1. The van der Waals surface area contributed by atoms with Crippen LogP contribution in [0, 0.1) is 0 Å². The zero-order valence-electron chi connectivity index (χ0n) is 8.78. The van der Waals surface area contributed by atoms with Crippen molar-refractivity contribution in [3.05, 3.63) is 48.0 Å². The maximum Gasteiger partial charge on any atom is 0.150 e. The number of piperidine rings is 1. The van der Waals surface area contributed by atoms with Crippen LogP contribution in [0.5, 0.6) is 0 Å². The molecule has 1 aliphatic heterocycles. The Balaban J connectivity index is 2.00. The Morgan fingerprint density at radius 2 is 1.93 bits per heavy atom. The molecule has 1 aromatic carbocycles. The van der Waals surface area contributed by atoms with Crippen molar-refractivity contribution in [2.75, 3.05) is 13.1 Å². The highest BCUT2D eigenvalue weighted by Gasteiger charge is 2.18. The minimum Gasteiger partial charge on any atom is -0.298 e. The molecule has 0 atom stereocenters. The van der Waals surface area contributed by atoms with Crippen LogP contribution in [0.25, 0.3) is 0 Å². The lowest BCUT2D eigenvalue weighted by molar-refractivity contribution is -0.120. The second-order valence-electron chi connectivity index (χ2n) is 4.10. The van der Waals surface area contributed by atoms with Crippen molar-refractivity contribution in [3.63, 3.8) is 0 Å². The number of Topliss-reactive ketones (excluding diaryl/α,β-unsaturated/α-hetero) is 1. The van der Waals surface area contributed by atoms with E-state index in [9.17, 15) is 4.79 Å². The molecule has 1 saturated heterocycles. The van der Waals surface area contributed by atoms with Crippen molar-refractivity contribution in [2.24, 2.45) is 0 Å². The van der Waals surface area contributed by atoms with Gasteiger partial charge in [-0.25, -0.2) is 0 Å². The molecule has 0 spiro atoms. The molecule has 1 aliphatic rings. The van der Waals surface area contributed by atoms with Gasteiger partial charge in [-0.3, -0.25) is 9.69 Å². The highest BCUT2D eigenvalue weighted by atomic mass is 16.1. The summed E-state index contributed by atoms with van der Waals surface area (Å²) in [7, 11) is 0. The Kier molecular flexibility index (Phi) is 2.97. The molecule has 0 saturated carbocycles. The molecular weight excluding hydrogens is 186 g/mol. The van der Waals surface area contributed by atoms with E-state index >= 15 is 0 Å². The number of ketones is 1. The molecule has 1 heterocycles. The first-order valence-electron chi connectivity index (χ1n) is 5.18. The van der Waals surface area contributed by atoms with Gasteiger partial charge >= 0.3 is 0 Å². The molecule has 0 bridgehead atoms. The number of benzene rings is 1. The third-order valence-electron chi connectivity index (χ3n) is 2.54. The number of carbonyl (C=O) groups excluding carboxylic acids is 1.